The van der Waals surface area contributed by atoms with E-state index in [0.29, 0.717) is 0 Å². The number of fused-ring (bicyclic) bond motifs is 3. The van der Waals surface area contributed by atoms with Crippen molar-refractivity contribution >= 4 is 10.9 Å². The largest absolute Gasteiger partial charge is 0.496 e. The first kappa shape index (κ1) is 13.4. The first-order valence-corrected chi connectivity index (χ1v) is 7.89. The molecular weight excluding hydrogens is 272 g/mol. The first-order chi connectivity index (χ1) is 10.8. The number of hydrogen-bond acceptors (Lipinski definition) is 1. The van der Waals surface area contributed by atoms with Crippen LogP contribution in [0.3, 0.4) is 0 Å². The lowest BCUT2D eigenvalue weighted by Crippen LogP contribution is -3.10. The molecule has 1 unspecified atom stereocenters. The standard InChI is InChI=1S/C19H20N2O/c1-22-19-9-5-2-6-14(19)12-21-11-10-16-15-7-3-4-8-17(15)20-18(16)13-21/h2-9,20H,10-13H2,1H3/p+1. The number of ether oxygens (including phenoxy) is 1. The molecule has 3 aromatic rings. The van der Waals surface area contributed by atoms with Gasteiger partial charge in [0.2, 0.25) is 0 Å². The molecule has 1 aliphatic rings. The third kappa shape index (κ3) is 2.28. The van der Waals surface area contributed by atoms with E-state index < -0.39 is 0 Å². The zero-order valence-corrected chi connectivity index (χ0v) is 12.9. The highest BCUT2D eigenvalue weighted by Crippen LogP contribution is 2.24. The van der Waals surface area contributed by atoms with Gasteiger partial charge in [0.05, 0.1) is 19.3 Å². The topological polar surface area (TPSA) is 29.5 Å². The van der Waals surface area contributed by atoms with Gasteiger partial charge in [-0.05, 0) is 23.8 Å². The van der Waals surface area contributed by atoms with Crippen molar-refractivity contribution < 1.29 is 9.64 Å². The Labute approximate surface area is 130 Å². The number of hydrogen-bond donors (Lipinski definition) is 2. The van der Waals surface area contributed by atoms with Crippen LogP contribution in [0.2, 0.25) is 0 Å². The minimum atomic E-state index is 0.998. The van der Waals surface area contributed by atoms with E-state index in [2.05, 4.69) is 41.4 Å². The van der Waals surface area contributed by atoms with Crippen LogP contribution in [0.1, 0.15) is 16.8 Å². The molecule has 0 spiro atoms. The van der Waals surface area contributed by atoms with Crippen molar-refractivity contribution in [3.63, 3.8) is 0 Å². The number of aromatic nitrogens is 1. The Morgan fingerprint density at radius 3 is 2.82 bits per heavy atom. The van der Waals surface area contributed by atoms with Crippen LogP contribution in [0, 0.1) is 0 Å². The summed E-state index contributed by atoms with van der Waals surface area (Å²) >= 11 is 0. The summed E-state index contributed by atoms with van der Waals surface area (Å²) in [5, 5.41) is 1.40. The van der Waals surface area contributed by atoms with E-state index in [-0.39, 0.29) is 0 Å². The summed E-state index contributed by atoms with van der Waals surface area (Å²) in [6.07, 6.45) is 1.14. The van der Waals surface area contributed by atoms with Gasteiger partial charge in [-0.3, -0.25) is 0 Å². The summed E-state index contributed by atoms with van der Waals surface area (Å²) < 4.78 is 5.48. The van der Waals surface area contributed by atoms with E-state index in [4.69, 9.17) is 4.74 Å². The summed E-state index contributed by atoms with van der Waals surface area (Å²) in [4.78, 5) is 5.19. The van der Waals surface area contributed by atoms with Crippen LogP contribution in [-0.2, 0) is 19.5 Å². The van der Waals surface area contributed by atoms with Gasteiger partial charge in [0.25, 0.3) is 0 Å². The van der Waals surface area contributed by atoms with E-state index in [0.717, 1.165) is 25.3 Å². The number of H-pyrrole nitrogens is 1. The van der Waals surface area contributed by atoms with E-state index in [1.807, 2.05) is 12.1 Å². The second-order valence-corrected chi connectivity index (χ2v) is 6.04. The molecule has 0 saturated carbocycles. The summed E-state index contributed by atoms with van der Waals surface area (Å²) in [6, 6.07) is 17.0. The molecule has 3 heteroatoms. The Morgan fingerprint density at radius 2 is 1.91 bits per heavy atom. The zero-order valence-electron chi connectivity index (χ0n) is 12.9. The van der Waals surface area contributed by atoms with Crippen molar-refractivity contribution in [2.24, 2.45) is 0 Å². The third-order valence-electron chi connectivity index (χ3n) is 4.69. The van der Waals surface area contributed by atoms with Crippen molar-refractivity contribution in [3.05, 3.63) is 65.4 Å². The normalized spacial score (nSPS) is 17.4. The van der Waals surface area contributed by atoms with Gasteiger partial charge in [0.15, 0.2) is 0 Å². The van der Waals surface area contributed by atoms with Gasteiger partial charge >= 0.3 is 0 Å². The minimum Gasteiger partial charge on any atom is -0.496 e. The van der Waals surface area contributed by atoms with Crippen LogP contribution in [0.5, 0.6) is 5.75 Å². The smallest absolute Gasteiger partial charge is 0.127 e. The van der Waals surface area contributed by atoms with Crippen LogP contribution in [0.4, 0.5) is 0 Å². The Balaban J connectivity index is 1.59. The lowest BCUT2D eigenvalue weighted by Gasteiger charge is -2.24. The number of aromatic amines is 1. The Hall–Kier alpha value is -2.26. The maximum atomic E-state index is 5.48. The minimum absolute atomic E-state index is 0.998. The second kappa shape index (κ2) is 5.50. The quantitative estimate of drug-likeness (QED) is 0.762. The number of para-hydroxylation sites is 2. The molecule has 112 valence electrons. The summed E-state index contributed by atoms with van der Waals surface area (Å²) in [6.45, 7) is 3.24. The molecule has 0 radical (unpaired) electrons. The molecule has 4 rings (SSSR count). The van der Waals surface area contributed by atoms with Gasteiger partial charge in [-0.2, -0.15) is 0 Å². The summed E-state index contributed by atoms with van der Waals surface area (Å²) in [5.74, 6) is 0.998. The molecule has 0 saturated heterocycles. The number of methoxy groups -OCH3 is 1. The molecule has 0 aliphatic carbocycles. The molecule has 2 N–H and O–H groups in total. The van der Waals surface area contributed by atoms with Gasteiger partial charge < -0.3 is 14.6 Å². The van der Waals surface area contributed by atoms with Gasteiger partial charge in [0.1, 0.15) is 18.8 Å². The van der Waals surface area contributed by atoms with Gasteiger partial charge in [-0.15, -0.1) is 0 Å². The number of nitrogens with one attached hydrogen (secondary N) is 2. The molecule has 3 nitrogen and oxygen atoms in total. The molecule has 22 heavy (non-hydrogen) atoms. The number of quaternary nitrogens is 1. The van der Waals surface area contributed by atoms with Crippen LogP contribution >= 0.6 is 0 Å². The predicted octanol–water partition coefficient (Wildman–Crippen LogP) is 2.32. The molecule has 1 atom stereocenters. The lowest BCUT2D eigenvalue weighted by molar-refractivity contribution is -0.929. The first-order valence-electron chi connectivity index (χ1n) is 7.89. The van der Waals surface area contributed by atoms with Crippen LogP contribution in [0.25, 0.3) is 10.9 Å². The molecular formula is C19H21N2O+. The fourth-order valence-electron chi connectivity index (χ4n) is 3.60. The van der Waals surface area contributed by atoms with E-state index in [1.165, 1.54) is 34.3 Å². The Kier molecular flexibility index (Phi) is 3.35. The fraction of sp³-hybridized carbons (Fsp3) is 0.263. The molecule has 2 aromatic carbocycles. The highest BCUT2D eigenvalue weighted by atomic mass is 16.5. The lowest BCUT2D eigenvalue weighted by atomic mass is 10.0. The maximum absolute atomic E-state index is 5.48. The second-order valence-electron chi connectivity index (χ2n) is 6.04. The third-order valence-corrected chi connectivity index (χ3v) is 4.69. The molecule has 1 aliphatic heterocycles. The zero-order chi connectivity index (χ0) is 14.9. The molecule has 0 bridgehead atoms. The molecule has 0 fully saturated rings. The average Bonchev–Trinajstić information content (AvgIpc) is 2.93. The average molecular weight is 293 g/mol. The summed E-state index contributed by atoms with van der Waals surface area (Å²) in [7, 11) is 1.75. The van der Waals surface area contributed by atoms with E-state index >= 15 is 0 Å². The van der Waals surface area contributed by atoms with Crippen LogP contribution in [-0.4, -0.2) is 18.6 Å². The highest BCUT2D eigenvalue weighted by Gasteiger charge is 2.23. The van der Waals surface area contributed by atoms with Gasteiger partial charge in [-0.25, -0.2) is 0 Å². The highest BCUT2D eigenvalue weighted by molar-refractivity contribution is 5.84. The SMILES string of the molecule is COc1ccccc1C[NH+]1CCc2c([nH]c3ccccc23)C1. The van der Waals surface area contributed by atoms with Crippen molar-refractivity contribution in [2.75, 3.05) is 13.7 Å². The number of rotatable bonds is 3. The van der Waals surface area contributed by atoms with Crippen molar-refractivity contribution in [3.8, 4) is 5.75 Å². The summed E-state index contributed by atoms with van der Waals surface area (Å²) in [5.41, 5.74) is 5.47. The van der Waals surface area contributed by atoms with E-state index in [9.17, 15) is 0 Å². The van der Waals surface area contributed by atoms with Crippen LogP contribution < -0.4 is 9.64 Å². The van der Waals surface area contributed by atoms with Gasteiger partial charge in [0, 0.05) is 22.9 Å². The van der Waals surface area contributed by atoms with E-state index in [1.54, 1.807) is 12.0 Å². The fourth-order valence-corrected chi connectivity index (χ4v) is 3.60. The van der Waals surface area contributed by atoms with Crippen molar-refractivity contribution in [1.29, 1.82) is 0 Å². The predicted molar refractivity (Wildman–Crippen MR) is 88.2 cm³/mol. The van der Waals surface area contributed by atoms with Crippen LogP contribution in [0.15, 0.2) is 48.5 Å². The molecule has 1 aromatic heterocycles. The Bertz CT molecular complexity index is 806. The molecule has 0 amide bonds. The number of benzene rings is 2. The van der Waals surface area contributed by atoms with Gasteiger partial charge in [-0.1, -0.05) is 30.3 Å². The maximum Gasteiger partial charge on any atom is 0.127 e. The van der Waals surface area contributed by atoms with Crippen molar-refractivity contribution in [2.45, 2.75) is 19.5 Å². The monoisotopic (exact) mass is 293 g/mol. The van der Waals surface area contributed by atoms with Crippen molar-refractivity contribution in [1.82, 2.24) is 4.98 Å². The molecule has 2 heterocycles. The Morgan fingerprint density at radius 1 is 1.09 bits per heavy atom.